The van der Waals surface area contributed by atoms with Crippen LogP contribution in [0.4, 0.5) is 5.69 Å². The van der Waals surface area contributed by atoms with E-state index < -0.39 is 6.17 Å². The van der Waals surface area contributed by atoms with Gasteiger partial charge in [0.15, 0.2) is 11.5 Å². The third kappa shape index (κ3) is 2.77. The minimum atomic E-state index is -0.423. The van der Waals surface area contributed by atoms with Crippen LogP contribution in [0.5, 0.6) is 11.5 Å². The standard InChI is InChI=1S/C19H22N2O3/c1-3-12-21-18(14-9-7-11-16(17(14)22)24-4-2)20-15-10-6-5-8-13(15)19(21)23/h5-11,18,20,22H,3-4,12H2,1-2H3/t18-/m0/s1. The number of para-hydroxylation sites is 2. The summed E-state index contributed by atoms with van der Waals surface area (Å²) < 4.78 is 5.48. The molecule has 1 aliphatic rings. The molecular formula is C19H22N2O3. The van der Waals surface area contributed by atoms with Crippen molar-refractivity contribution in [1.82, 2.24) is 4.90 Å². The number of benzene rings is 2. The van der Waals surface area contributed by atoms with E-state index in [1.165, 1.54) is 0 Å². The molecular weight excluding hydrogens is 304 g/mol. The zero-order valence-corrected chi connectivity index (χ0v) is 14.0. The number of carbonyl (C=O) groups excluding carboxylic acids is 1. The average molecular weight is 326 g/mol. The summed E-state index contributed by atoms with van der Waals surface area (Å²) in [6, 6.07) is 12.8. The van der Waals surface area contributed by atoms with Gasteiger partial charge in [-0.15, -0.1) is 0 Å². The van der Waals surface area contributed by atoms with Crippen LogP contribution in [0, 0.1) is 0 Å². The molecule has 126 valence electrons. The number of amides is 1. The number of aromatic hydroxyl groups is 1. The van der Waals surface area contributed by atoms with Gasteiger partial charge in [0.1, 0.15) is 6.17 Å². The van der Waals surface area contributed by atoms with Crippen molar-refractivity contribution in [1.29, 1.82) is 0 Å². The molecule has 24 heavy (non-hydrogen) atoms. The molecule has 3 rings (SSSR count). The molecule has 1 heterocycles. The van der Waals surface area contributed by atoms with Crippen LogP contribution in [-0.2, 0) is 0 Å². The van der Waals surface area contributed by atoms with Crippen molar-refractivity contribution in [3.8, 4) is 11.5 Å². The lowest BCUT2D eigenvalue weighted by Crippen LogP contribution is -2.43. The van der Waals surface area contributed by atoms with Crippen molar-refractivity contribution in [3.05, 3.63) is 53.6 Å². The number of phenols is 1. The first-order chi connectivity index (χ1) is 11.7. The van der Waals surface area contributed by atoms with Gasteiger partial charge < -0.3 is 20.1 Å². The topological polar surface area (TPSA) is 61.8 Å². The smallest absolute Gasteiger partial charge is 0.257 e. The van der Waals surface area contributed by atoms with Gasteiger partial charge in [-0.2, -0.15) is 0 Å². The van der Waals surface area contributed by atoms with Crippen molar-refractivity contribution in [2.24, 2.45) is 0 Å². The van der Waals surface area contributed by atoms with E-state index in [1.54, 1.807) is 11.0 Å². The van der Waals surface area contributed by atoms with E-state index in [4.69, 9.17) is 4.74 Å². The largest absolute Gasteiger partial charge is 0.504 e. The Morgan fingerprint density at radius 2 is 1.96 bits per heavy atom. The second-order valence-electron chi connectivity index (χ2n) is 5.72. The molecule has 1 amide bonds. The zero-order valence-electron chi connectivity index (χ0n) is 14.0. The summed E-state index contributed by atoms with van der Waals surface area (Å²) >= 11 is 0. The summed E-state index contributed by atoms with van der Waals surface area (Å²) in [6.45, 7) is 4.97. The predicted molar refractivity (Wildman–Crippen MR) is 93.4 cm³/mol. The van der Waals surface area contributed by atoms with Crippen LogP contribution in [0.25, 0.3) is 0 Å². The Hall–Kier alpha value is -2.69. The average Bonchev–Trinajstić information content (AvgIpc) is 2.60. The molecule has 0 fully saturated rings. The quantitative estimate of drug-likeness (QED) is 0.878. The molecule has 2 N–H and O–H groups in total. The van der Waals surface area contributed by atoms with Gasteiger partial charge in [0.25, 0.3) is 5.91 Å². The number of nitrogens with zero attached hydrogens (tertiary/aromatic N) is 1. The Bertz CT molecular complexity index is 745. The SMILES string of the molecule is CCCN1C(=O)c2ccccc2N[C@@H]1c1cccc(OCC)c1O. The number of hydrogen-bond donors (Lipinski definition) is 2. The van der Waals surface area contributed by atoms with E-state index in [0.717, 1.165) is 12.1 Å². The molecule has 1 atom stereocenters. The highest BCUT2D eigenvalue weighted by atomic mass is 16.5. The fourth-order valence-corrected chi connectivity index (χ4v) is 3.04. The van der Waals surface area contributed by atoms with Crippen LogP contribution in [0.2, 0.25) is 0 Å². The molecule has 0 bridgehead atoms. The summed E-state index contributed by atoms with van der Waals surface area (Å²) in [6.07, 6.45) is 0.408. The van der Waals surface area contributed by atoms with Crippen molar-refractivity contribution in [2.75, 3.05) is 18.5 Å². The number of nitrogens with one attached hydrogen (secondary N) is 1. The van der Waals surface area contributed by atoms with E-state index in [2.05, 4.69) is 5.32 Å². The van der Waals surface area contributed by atoms with Gasteiger partial charge >= 0.3 is 0 Å². The van der Waals surface area contributed by atoms with E-state index in [9.17, 15) is 9.90 Å². The molecule has 2 aromatic rings. The highest BCUT2D eigenvalue weighted by molar-refractivity contribution is 6.01. The van der Waals surface area contributed by atoms with Gasteiger partial charge in [-0.3, -0.25) is 4.79 Å². The van der Waals surface area contributed by atoms with Gasteiger partial charge in [-0.1, -0.05) is 31.2 Å². The highest BCUT2D eigenvalue weighted by Crippen LogP contribution is 2.40. The van der Waals surface area contributed by atoms with E-state index >= 15 is 0 Å². The summed E-state index contributed by atoms with van der Waals surface area (Å²) in [7, 11) is 0. The Balaban J connectivity index is 2.06. The molecule has 2 aromatic carbocycles. The number of carbonyl (C=O) groups is 1. The monoisotopic (exact) mass is 326 g/mol. The summed E-state index contributed by atoms with van der Waals surface area (Å²) in [5.41, 5.74) is 2.07. The van der Waals surface area contributed by atoms with Crippen LogP contribution < -0.4 is 10.1 Å². The predicted octanol–water partition coefficient (Wildman–Crippen LogP) is 3.77. The number of anilines is 1. The second kappa shape index (κ2) is 6.83. The van der Waals surface area contributed by atoms with Crippen LogP contribution in [0.1, 0.15) is 42.4 Å². The van der Waals surface area contributed by atoms with Crippen LogP contribution in [0.3, 0.4) is 0 Å². The number of rotatable bonds is 5. The van der Waals surface area contributed by atoms with E-state index in [1.807, 2.05) is 50.2 Å². The van der Waals surface area contributed by atoms with Gasteiger partial charge in [-0.05, 0) is 31.5 Å². The van der Waals surface area contributed by atoms with Crippen molar-refractivity contribution in [2.45, 2.75) is 26.4 Å². The summed E-state index contributed by atoms with van der Waals surface area (Å²) in [5, 5.41) is 14.0. The number of fused-ring (bicyclic) bond motifs is 1. The molecule has 0 saturated carbocycles. The second-order valence-corrected chi connectivity index (χ2v) is 5.72. The van der Waals surface area contributed by atoms with Crippen LogP contribution in [0.15, 0.2) is 42.5 Å². The summed E-state index contributed by atoms with van der Waals surface area (Å²) in [4.78, 5) is 14.6. The van der Waals surface area contributed by atoms with Crippen molar-refractivity contribution in [3.63, 3.8) is 0 Å². The Kier molecular flexibility index (Phi) is 4.60. The number of hydrogen-bond acceptors (Lipinski definition) is 4. The Labute approximate surface area is 141 Å². The van der Waals surface area contributed by atoms with E-state index in [0.29, 0.717) is 30.0 Å². The van der Waals surface area contributed by atoms with Gasteiger partial charge in [-0.25, -0.2) is 0 Å². The third-order valence-electron chi connectivity index (χ3n) is 4.11. The highest BCUT2D eigenvalue weighted by Gasteiger charge is 2.34. The van der Waals surface area contributed by atoms with Gasteiger partial charge in [0.05, 0.1) is 12.2 Å². The van der Waals surface area contributed by atoms with Crippen LogP contribution >= 0.6 is 0 Å². The maximum absolute atomic E-state index is 12.9. The molecule has 0 radical (unpaired) electrons. The maximum Gasteiger partial charge on any atom is 0.257 e. The molecule has 0 aromatic heterocycles. The molecule has 0 saturated heterocycles. The first-order valence-electron chi connectivity index (χ1n) is 8.28. The Morgan fingerprint density at radius 1 is 1.17 bits per heavy atom. The minimum absolute atomic E-state index is 0.0302. The molecule has 1 aliphatic heterocycles. The van der Waals surface area contributed by atoms with Gasteiger partial charge in [0.2, 0.25) is 0 Å². The number of phenolic OH excluding ortho intramolecular Hbond substituents is 1. The summed E-state index contributed by atoms with van der Waals surface area (Å²) in [5.74, 6) is 0.474. The molecule has 0 unspecified atom stereocenters. The van der Waals surface area contributed by atoms with Crippen molar-refractivity contribution >= 4 is 11.6 Å². The van der Waals surface area contributed by atoms with Crippen molar-refractivity contribution < 1.29 is 14.6 Å². The fourth-order valence-electron chi connectivity index (χ4n) is 3.04. The molecule has 5 heteroatoms. The lowest BCUT2D eigenvalue weighted by atomic mass is 10.0. The molecule has 5 nitrogen and oxygen atoms in total. The van der Waals surface area contributed by atoms with Gasteiger partial charge in [0, 0.05) is 17.8 Å². The lowest BCUT2D eigenvalue weighted by Gasteiger charge is -2.38. The lowest BCUT2D eigenvalue weighted by molar-refractivity contribution is 0.0681. The Morgan fingerprint density at radius 3 is 2.71 bits per heavy atom. The fraction of sp³-hybridized carbons (Fsp3) is 0.316. The maximum atomic E-state index is 12.9. The minimum Gasteiger partial charge on any atom is -0.504 e. The zero-order chi connectivity index (χ0) is 17.1. The van der Waals surface area contributed by atoms with E-state index in [-0.39, 0.29) is 11.7 Å². The first-order valence-corrected chi connectivity index (χ1v) is 8.28. The molecule has 0 spiro atoms. The number of ether oxygens (including phenoxy) is 1. The molecule has 0 aliphatic carbocycles. The first kappa shape index (κ1) is 16.2. The normalized spacial score (nSPS) is 16.5. The third-order valence-corrected chi connectivity index (χ3v) is 4.11. The van der Waals surface area contributed by atoms with Crippen LogP contribution in [-0.4, -0.2) is 29.1 Å².